The third-order valence-electron chi connectivity index (χ3n) is 2.68. The number of rotatable bonds is 10. The zero-order valence-electron chi connectivity index (χ0n) is 10.4. The zero-order chi connectivity index (χ0) is 11.6. The van der Waals surface area contributed by atoms with Gasteiger partial charge in [0.05, 0.1) is 0 Å². The van der Waals surface area contributed by atoms with Crippen molar-refractivity contribution in [3.05, 3.63) is 0 Å². The summed E-state index contributed by atoms with van der Waals surface area (Å²) in [6.07, 6.45) is 10.2. The fourth-order valence-electron chi connectivity index (χ4n) is 1.72. The summed E-state index contributed by atoms with van der Waals surface area (Å²) in [6.45, 7) is 4.81. The first kappa shape index (κ1) is 15.5. The molecule has 0 spiro atoms. The van der Waals surface area contributed by atoms with Gasteiger partial charge >= 0.3 is 0 Å². The molecule has 0 heterocycles. The van der Waals surface area contributed by atoms with Crippen LogP contribution in [0.15, 0.2) is 0 Å². The zero-order valence-corrected chi connectivity index (χ0v) is 12.2. The number of aliphatic hydroxyl groups is 1. The van der Waals surface area contributed by atoms with Crippen LogP contribution in [0, 0.1) is 0 Å². The summed E-state index contributed by atoms with van der Waals surface area (Å²) in [6, 6.07) is 1.26. The van der Waals surface area contributed by atoms with Crippen molar-refractivity contribution in [2.45, 2.75) is 70.5 Å². The summed E-state index contributed by atoms with van der Waals surface area (Å²) in [5.41, 5.74) is 0. The molecule has 92 valence electrons. The number of hydrogen-bond donors (Lipinski definition) is 1. The van der Waals surface area contributed by atoms with Crippen LogP contribution in [0.1, 0.15) is 51.4 Å². The van der Waals surface area contributed by atoms with E-state index in [2.05, 4.69) is 13.1 Å². The fraction of sp³-hybridized carbons (Fsp3) is 1.00. The molecule has 1 nitrogen and oxygen atoms in total. The van der Waals surface area contributed by atoms with Gasteiger partial charge in [0.15, 0.2) is 0 Å². The van der Waals surface area contributed by atoms with E-state index in [4.69, 9.17) is 16.2 Å². The third kappa shape index (κ3) is 14.5. The minimum absolute atomic E-state index is 0.357. The molecule has 0 aromatic heterocycles. The Hall–Kier alpha value is 0.467. The molecule has 0 fully saturated rings. The van der Waals surface area contributed by atoms with Crippen molar-refractivity contribution in [1.29, 1.82) is 0 Å². The van der Waals surface area contributed by atoms with Gasteiger partial charge in [0.2, 0.25) is 0 Å². The monoisotopic (exact) mass is 250 g/mol. The first-order valence-corrected chi connectivity index (χ1v) is 10.6. The Morgan fingerprint density at radius 2 is 1.20 bits per heavy atom. The Labute approximate surface area is 101 Å². The highest BCUT2D eigenvalue weighted by molar-refractivity contribution is 7.19. The van der Waals surface area contributed by atoms with E-state index in [0.717, 1.165) is 6.42 Å². The second-order valence-corrected chi connectivity index (χ2v) is 12.0. The maximum absolute atomic E-state index is 8.61. The minimum Gasteiger partial charge on any atom is -0.396 e. The molecule has 0 aromatic rings. The SMILES string of the molecule is C[Si](C)(Cl)CCCCCCCCCCO. The first-order chi connectivity index (χ1) is 7.06. The number of halogens is 1. The highest BCUT2D eigenvalue weighted by Crippen LogP contribution is 2.19. The van der Waals surface area contributed by atoms with Gasteiger partial charge in [-0.1, -0.05) is 58.0 Å². The van der Waals surface area contributed by atoms with Crippen LogP contribution < -0.4 is 0 Å². The van der Waals surface area contributed by atoms with Crippen LogP contribution in [0.4, 0.5) is 0 Å². The predicted octanol–water partition coefficient (Wildman–Crippen LogP) is 4.54. The van der Waals surface area contributed by atoms with Crippen LogP contribution in [0.25, 0.3) is 0 Å². The molecule has 0 radical (unpaired) electrons. The molecule has 0 aromatic carbocycles. The lowest BCUT2D eigenvalue weighted by atomic mass is 10.1. The van der Waals surface area contributed by atoms with Crippen molar-refractivity contribution in [3.63, 3.8) is 0 Å². The lowest BCUT2D eigenvalue weighted by Gasteiger charge is -2.11. The normalized spacial score (nSPS) is 12.0. The molecule has 0 saturated carbocycles. The second kappa shape index (κ2) is 9.68. The van der Waals surface area contributed by atoms with Gasteiger partial charge in [0.1, 0.15) is 7.38 Å². The van der Waals surface area contributed by atoms with E-state index in [1.165, 1.54) is 51.0 Å². The molecule has 0 amide bonds. The summed E-state index contributed by atoms with van der Waals surface area (Å²) in [5, 5.41) is 8.61. The molecule has 0 aliphatic rings. The van der Waals surface area contributed by atoms with E-state index < -0.39 is 7.38 Å². The van der Waals surface area contributed by atoms with Crippen molar-refractivity contribution in [1.82, 2.24) is 0 Å². The van der Waals surface area contributed by atoms with Gasteiger partial charge in [-0.3, -0.25) is 0 Å². The van der Waals surface area contributed by atoms with Crippen LogP contribution in [0.2, 0.25) is 19.1 Å². The maximum atomic E-state index is 8.61. The van der Waals surface area contributed by atoms with Crippen molar-refractivity contribution in [2.75, 3.05) is 6.61 Å². The summed E-state index contributed by atoms with van der Waals surface area (Å²) in [7, 11) is -1.30. The lowest BCUT2D eigenvalue weighted by Crippen LogP contribution is -2.14. The van der Waals surface area contributed by atoms with Gasteiger partial charge in [-0.25, -0.2) is 0 Å². The highest BCUT2D eigenvalue weighted by atomic mass is 35.6. The van der Waals surface area contributed by atoms with Crippen molar-refractivity contribution >= 4 is 18.5 Å². The van der Waals surface area contributed by atoms with E-state index >= 15 is 0 Å². The molecule has 0 aliphatic carbocycles. The Kier molecular flexibility index (Phi) is 9.98. The standard InChI is InChI=1S/C12H27ClOSi/c1-15(2,13)12-10-8-6-4-3-5-7-9-11-14/h14H,3-12H2,1-2H3. The topological polar surface area (TPSA) is 20.2 Å². The molecule has 0 bridgehead atoms. The quantitative estimate of drug-likeness (QED) is 0.343. The van der Waals surface area contributed by atoms with Gasteiger partial charge in [-0.15, -0.1) is 0 Å². The molecule has 0 unspecified atom stereocenters. The molecular weight excluding hydrogens is 224 g/mol. The second-order valence-electron chi connectivity index (χ2n) is 5.02. The molecule has 3 heteroatoms. The number of unbranched alkanes of at least 4 members (excludes halogenated alkanes) is 7. The molecule has 0 saturated heterocycles. The van der Waals surface area contributed by atoms with Gasteiger partial charge in [0, 0.05) is 6.61 Å². The Balaban J connectivity index is 2.99. The molecular formula is C12H27ClOSi. The van der Waals surface area contributed by atoms with E-state index in [0.29, 0.717) is 6.61 Å². The fourth-order valence-corrected chi connectivity index (χ4v) is 3.21. The summed E-state index contributed by atoms with van der Waals surface area (Å²) < 4.78 is 0. The molecule has 1 N–H and O–H groups in total. The Morgan fingerprint density at radius 3 is 1.60 bits per heavy atom. The number of hydrogen-bond acceptors (Lipinski definition) is 1. The number of aliphatic hydroxyl groups excluding tert-OH is 1. The Bertz CT molecular complexity index is 134. The molecule has 0 aliphatic heterocycles. The smallest absolute Gasteiger partial charge is 0.150 e. The lowest BCUT2D eigenvalue weighted by molar-refractivity contribution is 0.282. The van der Waals surface area contributed by atoms with Crippen LogP contribution in [-0.2, 0) is 0 Å². The van der Waals surface area contributed by atoms with Gasteiger partial charge in [-0.2, -0.15) is 11.1 Å². The average molecular weight is 251 g/mol. The predicted molar refractivity (Wildman–Crippen MR) is 72.2 cm³/mol. The van der Waals surface area contributed by atoms with Crippen LogP contribution in [0.5, 0.6) is 0 Å². The van der Waals surface area contributed by atoms with Gasteiger partial charge in [-0.05, 0) is 12.5 Å². The van der Waals surface area contributed by atoms with E-state index in [-0.39, 0.29) is 0 Å². The first-order valence-electron chi connectivity index (χ1n) is 6.36. The van der Waals surface area contributed by atoms with E-state index in [1.54, 1.807) is 0 Å². The van der Waals surface area contributed by atoms with Gasteiger partial charge < -0.3 is 5.11 Å². The largest absolute Gasteiger partial charge is 0.396 e. The van der Waals surface area contributed by atoms with E-state index in [1.807, 2.05) is 0 Å². The van der Waals surface area contributed by atoms with Crippen molar-refractivity contribution < 1.29 is 5.11 Å². The van der Waals surface area contributed by atoms with Crippen molar-refractivity contribution in [2.24, 2.45) is 0 Å². The molecule has 0 atom stereocenters. The van der Waals surface area contributed by atoms with Gasteiger partial charge in [0.25, 0.3) is 0 Å². The summed E-state index contributed by atoms with van der Waals surface area (Å²) in [4.78, 5) is 0. The van der Waals surface area contributed by atoms with Crippen LogP contribution in [-0.4, -0.2) is 19.1 Å². The minimum atomic E-state index is -1.30. The highest BCUT2D eigenvalue weighted by Gasteiger charge is 2.15. The maximum Gasteiger partial charge on any atom is 0.150 e. The summed E-state index contributed by atoms with van der Waals surface area (Å²) in [5.74, 6) is 0. The van der Waals surface area contributed by atoms with Crippen LogP contribution >= 0.6 is 11.1 Å². The van der Waals surface area contributed by atoms with Crippen LogP contribution in [0.3, 0.4) is 0 Å². The summed E-state index contributed by atoms with van der Waals surface area (Å²) >= 11 is 6.25. The third-order valence-corrected chi connectivity index (χ3v) is 4.79. The Morgan fingerprint density at radius 1 is 0.800 bits per heavy atom. The molecule has 15 heavy (non-hydrogen) atoms. The average Bonchev–Trinajstić information content (AvgIpc) is 2.14. The van der Waals surface area contributed by atoms with E-state index in [9.17, 15) is 0 Å². The molecule has 0 rings (SSSR count). The van der Waals surface area contributed by atoms with Crippen molar-refractivity contribution in [3.8, 4) is 0 Å².